The van der Waals surface area contributed by atoms with Gasteiger partial charge in [-0.2, -0.15) is 0 Å². The van der Waals surface area contributed by atoms with Crippen molar-refractivity contribution in [1.29, 1.82) is 0 Å². The number of aryl methyl sites for hydroxylation is 2. The highest BCUT2D eigenvalue weighted by Crippen LogP contribution is 2.41. The molecule has 0 bridgehead atoms. The van der Waals surface area contributed by atoms with E-state index >= 15 is 0 Å². The second-order valence-electron chi connectivity index (χ2n) is 11.4. The lowest BCUT2D eigenvalue weighted by atomic mass is 9.86. The van der Waals surface area contributed by atoms with Crippen molar-refractivity contribution in [2.45, 2.75) is 51.7 Å². The van der Waals surface area contributed by atoms with Crippen molar-refractivity contribution in [3.05, 3.63) is 77.4 Å². The first-order valence-electron chi connectivity index (χ1n) is 13.5. The molecule has 1 fully saturated rings. The maximum atomic E-state index is 14.1. The van der Waals surface area contributed by atoms with Crippen LogP contribution in [0.2, 0.25) is 0 Å². The molecule has 39 heavy (non-hydrogen) atoms. The van der Waals surface area contributed by atoms with Crippen molar-refractivity contribution >= 4 is 21.9 Å². The van der Waals surface area contributed by atoms with E-state index < -0.39 is 5.60 Å². The molecule has 5 aromatic rings. The summed E-state index contributed by atoms with van der Waals surface area (Å²) in [6, 6.07) is 15.4. The molecule has 0 spiro atoms. The molecule has 8 heteroatoms. The van der Waals surface area contributed by atoms with Crippen molar-refractivity contribution in [1.82, 2.24) is 24.5 Å². The SMILES string of the molecule is Cc1nnn(C)c1-c1cnc2c3ccc(CC(C)(C)O)cc3n(C(c3ccc(F)cc3)C3CCOCC3)c2c1. The fourth-order valence-electron chi connectivity index (χ4n) is 6.17. The number of fused-ring (bicyclic) bond motifs is 3. The Hall–Kier alpha value is -3.62. The standard InChI is InChI=1S/C31H34FN5O2/c1-19-29(36(4)35-34-19)23-16-27-28(33-18-23)25-10-5-20(17-31(2,3)38)15-26(25)37(27)30(22-11-13-39-14-12-22)21-6-8-24(32)9-7-21/h5-10,15-16,18,22,30,38H,11-14,17H2,1-4H3. The number of ether oxygens (including phenoxy) is 1. The van der Waals surface area contributed by atoms with Gasteiger partial charge in [0, 0.05) is 43.8 Å². The van der Waals surface area contributed by atoms with E-state index in [1.165, 1.54) is 0 Å². The summed E-state index contributed by atoms with van der Waals surface area (Å²) in [5, 5.41) is 20.1. The van der Waals surface area contributed by atoms with Crippen LogP contribution in [0.25, 0.3) is 33.2 Å². The van der Waals surface area contributed by atoms with Crippen LogP contribution in [0.4, 0.5) is 4.39 Å². The van der Waals surface area contributed by atoms with Gasteiger partial charge in [0.05, 0.1) is 39.6 Å². The molecule has 0 amide bonds. The number of halogens is 1. The summed E-state index contributed by atoms with van der Waals surface area (Å²) in [6.45, 7) is 7.01. The van der Waals surface area contributed by atoms with Crippen LogP contribution >= 0.6 is 0 Å². The summed E-state index contributed by atoms with van der Waals surface area (Å²) < 4.78 is 24.0. The van der Waals surface area contributed by atoms with Gasteiger partial charge >= 0.3 is 0 Å². The zero-order valence-corrected chi connectivity index (χ0v) is 22.9. The topological polar surface area (TPSA) is 78.0 Å². The second-order valence-corrected chi connectivity index (χ2v) is 11.4. The third kappa shape index (κ3) is 4.83. The minimum Gasteiger partial charge on any atom is -0.390 e. The highest BCUT2D eigenvalue weighted by atomic mass is 19.1. The van der Waals surface area contributed by atoms with Crippen LogP contribution in [0.5, 0.6) is 0 Å². The largest absolute Gasteiger partial charge is 0.390 e. The summed E-state index contributed by atoms with van der Waals surface area (Å²) in [5.41, 5.74) is 6.95. The van der Waals surface area contributed by atoms with Gasteiger partial charge in [0.1, 0.15) is 5.82 Å². The van der Waals surface area contributed by atoms with Gasteiger partial charge in [-0.05, 0) is 74.9 Å². The molecule has 1 saturated heterocycles. The molecular weight excluding hydrogens is 493 g/mol. The Bertz CT molecular complexity index is 1620. The summed E-state index contributed by atoms with van der Waals surface area (Å²) >= 11 is 0. The smallest absolute Gasteiger partial charge is 0.123 e. The predicted molar refractivity (Wildman–Crippen MR) is 150 cm³/mol. The van der Waals surface area contributed by atoms with E-state index in [9.17, 15) is 9.50 Å². The van der Waals surface area contributed by atoms with Crippen LogP contribution in [-0.2, 0) is 18.2 Å². The zero-order chi connectivity index (χ0) is 27.3. The summed E-state index contributed by atoms with van der Waals surface area (Å²) in [5.74, 6) is 0.0482. The molecule has 1 atom stereocenters. The van der Waals surface area contributed by atoms with Gasteiger partial charge in [-0.25, -0.2) is 9.07 Å². The Kier molecular flexibility index (Phi) is 6.47. The van der Waals surface area contributed by atoms with Gasteiger partial charge in [0.25, 0.3) is 0 Å². The molecule has 7 nitrogen and oxygen atoms in total. The number of pyridine rings is 1. The van der Waals surface area contributed by atoms with Gasteiger partial charge in [0.2, 0.25) is 0 Å². The fourth-order valence-corrected chi connectivity index (χ4v) is 6.17. The lowest BCUT2D eigenvalue weighted by Gasteiger charge is -2.33. The Morgan fingerprint density at radius 2 is 1.82 bits per heavy atom. The van der Waals surface area contributed by atoms with Crippen molar-refractivity contribution in [2.24, 2.45) is 13.0 Å². The molecule has 2 aromatic carbocycles. The molecule has 3 aromatic heterocycles. The molecule has 202 valence electrons. The van der Waals surface area contributed by atoms with Crippen LogP contribution in [0.1, 0.15) is 49.6 Å². The number of nitrogens with zero attached hydrogens (tertiary/aromatic N) is 5. The summed E-state index contributed by atoms with van der Waals surface area (Å²) in [7, 11) is 1.89. The molecule has 6 rings (SSSR count). The van der Waals surface area contributed by atoms with Crippen LogP contribution in [0.3, 0.4) is 0 Å². The first-order chi connectivity index (χ1) is 18.7. The van der Waals surface area contributed by atoms with Crippen molar-refractivity contribution in [3.8, 4) is 11.3 Å². The van der Waals surface area contributed by atoms with Crippen molar-refractivity contribution in [2.75, 3.05) is 13.2 Å². The lowest BCUT2D eigenvalue weighted by Crippen LogP contribution is -2.27. The van der Waals surface area contributed by atoms with E-state index in [1.807, 2.05) is 46.1 Å². The quantitative estimate of drug-likeness (QED) is 0.304. The minimum absolute atomic E-state index is 0.0466. The summed E-state index contributed by atoms with van der Waals surface area (Å²) in [6.07, 6.45) is 4.24. The second kappa shape index (κ2) is 9.84. The van der Waals surface area contributed by atoms with Crippen molar-refractivity contribution < 1.29 is 14.2 Å². The third-order valence-corrected chi connectivity index (χ3v) is 7.81. The molecule has 1 N–H and O–H groups in total. The molecule has 1 aliphatic rings. The van der Waals surface area contributed by atoms with Gasteiger partial charge < -0.3 is 14.4 Å². The number of aliphatic hydroxyl groups is 1. The molecule has 0 radical (unpaired) electrons. The Labute approximate surface area is 227 Å². The number of hydrogen-bond acceptors (Lipinski definition) is 5. The minimum atomic E-state index is -0.836. The van der Waals surface area contributed by atoms with Crippen molar-refractivity contribution in [3.63, 3.8) is 0 Å². The highest BCUT2D eigenvalue weighted by molar-refractivity contribution is 6.07. The molecule has 1 aliphatic heterocycles. The average Bonchev–Trinajstić information content (AvgIpc) is 3.40. The Morgan fingerprint density at radius 1 is 1.08 bits per heavy atom. The van der Waals surface area contributed by atoms with Crippen LogP contribution < -0.4 is 0 Å². The van der Waals surface area contributed by atoms with Gasteiger partial charge in [0.15, 0.2) is 0 Å². The van der Waals surface area contributed by atoms with E-state index in [4.69, 9.17) is 9.72 Å². The van der Waals surface area contributed by atoms with Gasteiger partial charge in [-0.1, -0.05) is 29.5 Å². The maximum Gasteiger partial charge on any atom is 0.123 e. The lowest BCUT2D eigenvalue weighted by molar-refractivity contribution is 0.0552. The molecule has 0 aliphatic carbocycles. The number of benzene rings is 2. The molecular formula is C31H34FN5O2. The fraction of sp³-hybridized carbons (Fsp3) is 0.387. The molecule has 0 saturated carbocycles. The number of aromatic nitrogens is 5. The van der Waals surface area contributed by atoms with E-state index in [2.05, 4.69) is 39.1 Å². The van der Waals surface area contributed by atoms with E-state index in [1.54, 1.807) is 16.8 Å². The molecule has 1 unspecified atom stereocenters. The summed E-state index contributed by atoms with van der Waals surface area (Å²) in [4.78, 5) is 4.98. The maximum absolute atomic E-state index is 14.1. The van der Waals surface area contributed by atoms with Crippen LogP contribution in [-0.4, -0.2) is 48.5 Å². The zero-order valence-electron chi connectivity index (χ0n) is 22.9. The first kappa shape index (κ1) is 25.6. The first-order valence-corrected chi connectivity index (χ1v) is 13.5. The van der Waals surface area contributed by atoms with Gasteiger partial charge in [-0.3, -0.25) is 4.98 Å². The Morgan fingerprint density at radius 3 is 2.49 bits per heavy atom. The monoisotopic (exact) mass is 527 g/mol. The van der Waals surface area contributed by atoms with E-state index in [0.717, 1.165) is 62.9 Å². The van der Waals surface area contributed by atoms with E-state index in [0.29, 0.717) is 25.6 Å². The Balaban J connectivity index is 1.66. The normalized spacial score (nSPS) is 15.8. The van der Waals surface area contributed by atoms with Crippen LogP contribution in [0.15, 0.2) is 54.7 Å². The number of rotatable bonds is 6. The average molecular weight is 528 g/mol. The third-order valence-electron chi connectivity index (χ3n) is 7.81. The predicted octanol–water partition coefficient (Wildman–Crippen LogP) is 5.76. The molecule has 4 heterocycles. The van der Waals surface area contributed by atoms with E-state index in [-0.39, 0.29) is 11.9 Å². The number of hydrogen-bond donors (Lipinski definition) is 1. The van der Waals surface area contributed by atoms with Crippen LogP contribution in [0, 0.1) is 18.7 Å². The highest BCUT2D eigenvalue weighted by Gasteiger charge is 2.31. The van der Waals surface area contributed by atoms with Gasteiger partial charge in [-0.15, -0.1) is 5.10 Å².